The zero-order valence-corrected chi connectivity index (χ0v) is 13.0. The van der Waals surface area contributed by atoms with Crippen LogP contribution in [-0.4, -0.2) is 42.1 Å². The molecule has 0 aliphatic carbocycles. The van der Waals surface area contributed by atoms with Crippen LogP contribution in [0.3, 0.4) is 0 Å². The molecule has 2 aromatic heterocycles. The van der Waals surface area contributed by atoms with Crippen molar-refractivity contribution in [3.63, 3.8) is 0 Å². The molecule has 0 spiro atoms. The average molecular weight is 278 g/mol. The molecule has 104 valence electrons. The largest absolute Gasteiger partial charge is 0.369 e. The summed E-state index contributed by atoms with van der Waals surface area (Å²) in [6, 6.07) is 0. The van der Waals surface area contributed by atoms with E-state index in [2.05, 4.69) is 48.1 Å². The van der Waals surface area contributed by atoms with Crippen molar-refractivity contribution < 1.29 is 0 Å². The Bertz CT molecular complexity index is 548. The highest BCUT2D eigenvalue weighted by atomic mass is 32.1. The van der Waals surface area contributed by atoms with Crippen LogP contribution in [0.4, 0.5) is 5.82 Å². The van der Waals surface area contributed by atoms with Crippen molar-refractivity contribution in [3.8, 4) is 0 Å². The van der Waals surface area contributed by atoms with Gasteiger partial charge in [0.1, 0.15) is 17.0 Å². The maximum Gasteiger partial charge on any atom is 0.138 e. The molecule has 2 heterocycles. The van der Waals surface area contributed by atoms with Crippen molar-refractivity contribution in [1.82, 2.24) is 14.9 Å². The van der Waals surface area contributed by atoms with Crippen LogP contribution in [0.25, 0.3) is 10.2 Å². The Hall–Kier alpha value is -1.20. The minimum Gasteiger partial charge on any atom is -0.369 e. The molecule has 0 bridgehead atoms. The van der Waals surface area contributed by atoms with Crippen molar-refractivity contribution >= 4 is 27.4 Å². The summed E-state index contributed by atoms with van der Waals surface area (Å²) < 4.78 is 0. The van der Waals surface area contributed by atoms with Gasteiger partial charge < -0.3 is 10.2 Å². The number of nitrogens with zero attached hydrogens (tertiary/aromatic N) is 3. The Kier molecular flexibility index (Phi) is 4.71. The Labute approximate surface area is 118 Å². The molecule has 5 heteroatoms. The molecule has 19 heavy (non-hydrogen) atoms. The minimum absolute atomic E-state index is 0.967. The molecule has 0 amide bonds. The Morgan fingerprint density at radius 1 is 1.21 bits per heavy atom. The van der Waals surface area contributed by atoms with Crippen LogP contribution in [0.5, 0.6) is 0 Å². The van der Waals surface area contributed by atoms with Gasteiger partial charge in [0.2, 0.25) is 0 Å². The fourth-order valence-corrected chi connectivity index (χ4v) is 3.07. The van der Waals surface area contributed by atoms with Gasteiger partial charge in [-0.05, 0) is 52.9 Å². The van der Waals surface area contributed by atoms with Gasteiger partial charge in [-0.15, -0.1) is 11.3 Å². The van der Waals surface area contributed by atoms with E-state index in [1.807, 2.05) is 0 Å². The fourth-order valence-electron chi connectivity index (χ4n) is 2.08. The van der Waals surface area contributed by atoms with Crippen molar-refractivity contribution in [3.05, 3.63) is 16.8 Å². The summed E-state index contributed by atoms with van der Waals surface area (Å²) in [5, 5.41) is 4.64. The second-order valence-corrected chi connectivity index (χ2v) is 6.33. The van der Waals surface area contributed by atoms with Gasteiger partial charge in [-0.25, -0.2) is 9.97 Å². The van der Waals surface area contributed by atoms with Crippen LogP contribution in [0.2, 0.25) is 0 Å². The summed E-state index contributed by atoms with van der Waals surface area (Å²) in [7, 11) is 4.22. The number of hydrogen-bond acceptors (Lipinski definition) is 5. The molecule has 2 rings (SSSR count). The van der Waals surface area contributed by atoms with Crippen LogP contribution in [0.15, 0.2) is 6.33 Å². The molecule has 1 N–H and O–H groups in total. The summed E-state index contributed by atoms with van der Waals surface area (Å²) in [4.78, 5) is 13.4. The van der Waals surface area contributed by atoms with Crippen LogP contribution < -0.4 is 5.32 Å². The van der Waals surface area contributed by atoms with E-state index in [-0.39, 0.29) is 0 Å². The molecule has 0 saturated carbocycles. The maximum atomic E-state index is 4.39. The lowest BCUT2D eigenvalue weighted by Crippen LogP contribution is -2.14. The van der Waals surface area contributed by atoms with Gasteiger partial charge in [0.15, 0.2) is 0 Å². The summed E-state index contributed by atoms with van der Waals surface area (Å²) in [6.45, 7) is 6.39. The topological polar surface area (TPSA) is 41.1 Å². The molecule has 0 radical (unpaired) electrons. The molecule has 0 aliphatic rings. The van der Waals surface area contributed by atoms with E-state index < -0.39 is 0 Å². The molecule has 0 atom stereocenters. The zero-order chi connectivity index (χ0) is 13.8. The number of hydrogen-bond donors (Lipinski definition) is 1. The highest BCUT2D eigenvalue weighted by molar-refractivity contribution is 7.18. The standard InChI is InChI=1S/C14H22N4S/c1-10-11(2)19-14-12(10)13(16-9-17-14)15-7-5-6-8-18(3)4/h9H,5-8H2,1-4H3,(H,15,16,17). The lowest BCUT2D eigenvalue weighted by Gasteiger charge is -2.10. The highest BCUT2D eigenvalue weighted by Crippen LogP contribution is 2.32. The van der Waals surface area contributed by atoms with Crippen LogP contribution in [-0.2, 0) is 0 Å². The van der Waals surface area contributed by atoms with Gasteiger partial charge in [0, 0.05) is 11.4 Å². The van der Waals surface area contributed by atoms with Crippen LogP contribution in [0.1, 0.15) is 23.3 Å². The first kappa shape index (κ1) is 14.2. The van der Waals surface area contributed by atoms with E-state index in [4.69, 9.17) is 0 Å². The number of fused-ring (bicyclic) bond motifs is 1. The number of aromatic nitrogens is 2. The molecule has 2 aromatic rings. The number of anilines is 1. The molecule has 0 unspecified atom stereocenters. The number of nitrogens with one attached hydrogen (secondary N) is 1. The number of aryl methyl sites for hydroxylation is 2. The second-order valence-electron chi connectivity index (χ2n) is 5.12. The molecular weight excluding hydrogens is 256 g/mol. The zero-order valence-electron chi connectivity index (χ0n) is 12.2. The smallest absolute Gasteiger partial charge is 0.138 e. The highest BCUT2D eigenvalue weighted by Gasteiger charge is 2.11. The summed E-state index contributed by atoms with van der Waals surface area (Å²) in [5.74, 6) is 0.983. The van der Waals surface area contributed by atoms with Gasteiger partial charge >= 0.3 is 0 Å². The summed E-state index contributed by atoms with van der Waals surface area (Å²) >= 11 is 1.74. The number of rotatable bonds is 6. The molecule has 4 nitrogen and oxygen atoms in total. The van der Waals surface area contributed by atoms with Gasteiger partial charge in [-0.3, -0.25) is 0 Å². The summed E-state index contributed by atoms with van der Waals surface area (Å²) in [6.07, 6.45) is 4.02. The predicted octanol–water partition coefficient (Wildman–Crippen LogP) is 3.06. The SMILES string of the molecule is Cc1sc2ncnc(NCCCCN(C)C)c2c1C. The lowest BCUT2D eigenvalue weighted by atomic mass is 10.2. The Morgan fingerprint density at radius 3 is 2.74 bits per heavy atom. The molecule has 0 aromatic carbocycles. The third kappa shape index (κ3) is 3.42. The molecule has 0 fully saturated rings. The van der Waals surface area contributed by atoms with Crippen molar-refractivity contribution in [2.45, 2.75) is 26.7 Å². The normalized spacial score (nSPS) is 11.4. The van der Waals surface area contributed by atoms with Gasteiger partial charge in [0.05, 0.1) is 5.39 Å². The van der Waals surface area contributed by atoms with Crippen molar-refractivity contribution in [2.24, 2.45) is 0 Å². The van der Waals surface area contributed by atoms with E-state index in [1.165, 1.54) is 22.2 Å². The first-order valence-electron chi connectivity index (χ1n) is 6.69. The summed E-state index contributed by atoms with van der Waals surface area (Å²) in [5.41, 5.74) is 1.30. The predicted molar refractivity (Wildman–Crippen MR) is 83.2 cm³/mol. The van der Waals surface area contributed by atoms with Crippen LogP contribution in [0, 0.1) is 13.8 Å². The quantitative estimate of drug-likeness (QED) is 0.825. The first-order valence-corrected chi connectivity index (χ1v) is 7.50. The third-order valence-corrected chi connectivity index (χ3v) is 4.41. The molecule has 0 saturated heterocycles. The molecule has 0 aliphatic heterocycles. The number of unbranched alkanes of at least 4 members (excludes halogenated alkanes) is 1. The third-order valence-electron chi connectivity index (χ3n) is 3.29. The van der Waals surface area contributed by atoms with E-state index in [9.17, 15) is 0 Å². The van der Waals surface area contributed by atoms with Gasteiger partial charge in [-0.2, -0.15) is 0 Å². The minimum atomic E-state index is 0.967. The van der Waals surface area contributed by atoms with E-state index in [0.29, 0.717) is 0 Å². The van der Waals surface area contributed by atoms with Crippen molar-refractivity contribution in [2.75, 3.05) is 32.5 Å². The van der Waals surface area contributed by atoms with Gasteiger partial charge in [0.25, 0.3) is 0 Å². The van der Waals surface area contributed by atoms with Crippen LogP contribution >= 0.6 is 11.3 Å². The average Bonchev–Trinajstić information content (AvgIpc) is 2.65. The second kappa shape index (κ2) is 6.30. The van der Waals surface area contributed by atoms with Gasteiger partial charge in [-0.1, -0.05) is 0 Å². The van der Waals surface area contributed by atoms with Crippen molar-refractivity contribution in [1.29, 1.82) is 0 Å². The monoisotopic (exact) mass is 278 g/mol. The van der Waals surface area contributed by atoms with E-state index in [0.717, 1.165) is 30.2 Å². The fraction of sp³-hybridized carbons (Fsp3) is 0.571. The Morgan fingerprint density at radius 2 is 2.00 bits per heavy atom. The number of thiophene rings is 1. The Balaban J connectivity index is 2.01. The van der Waals surface area contributed by atoms with E-state index in [1.54, 1.807) is 17.7 Å². The molecular formula is C14H22N4S. The first-order chi connectivity index (χ1) is 9.09. The lowest BCUT2D eigenvalue weighted by molar-refractivity contribution is 0.396. The maximum absolute atomic E-state index is 4.39. The van der Waals surface area contributed by atoms with E-state index >= 15 is 0 Å².